The van der Waals surface area contributed by atoms with Crippen molar-refractivity contribution >= 4 is 30.0 Å². The summed E-state index contributed by atoms with van der Waals surface area (Å²) in [5, 5.41) is 2.22. The molecule has 1 aliphatic rings. The Labute approximate surface area is 213 Å². The van der Waals surface area contributed by atoms with Gasteiger partial charge in [-0.25, -0.2) is 0 Å². The molecule has 0 aromatic heterocycles. The zero-order valence-corrected chi connectivity index (χ0v) is 22.2. The summed E-state index contributed by atoms with van der Waals surface area (Å²) in [5.74, 6) is 0.226. The van der Waals surface area contributed by atoms with Gasteiger partial charge in [0.25, 0.3) is 5.91 Å². The fraction of sp³-hybridized carbons (Fsp3) is 0.464. The molecule has 3 amide bonds. The predicted octanol–water partition coefficient (Wildman–Crippen LogP) is 4.99. The SMILES string of the molecule is CCCC(C(=O)NC=O)N1Cc2c(SCc3ccc(CN(C(C)C)C(C)C)cc3)cccc2C1=O. The standard InChI is InChI=1S/C28H37N3O3S/c1-6-8-25(27(33)29-18-32)31-16-24-23(28(31)34)9-7-10-26(24)35-17-22-13-11-21(12-14-22)15-30(19(2)3)20(4)5/h7,9-14,18-20,25H,6,8,15-17H2,1-5H3,(H,29,32,33). The number of carbonyl (C=O) groups excluding carboxylic acids is 3. The highest BCUT2D eigenvalue weighted by Crippen LogP contribution is 2.35. The van der Waals surface area contributed by atoms with Crippen LogP contribution in [0.2, 0.25) is 0 Å². The van der Waals surface area contributed by atoms with E-state index in [2.05, 4.69) is 62.2 Å². The minimum atomic E-state index is -0.647. The first-order valence-corrected chi connectivity index (χ1v) is 13.4. The second-order valence-corrected chi connectivity index (χ2v) is 10.6. The zero-order valence-electron chi connectivity index (χ0n) is 21.4. The van der Waals surface area contributed by atoms with Gasteiger partial charge in [-0.1, -0.05) is 43.7 Å². The Kier molecular flexibility index (Phi) is 9.52. The average Bonchev–Trinajstić information content (AvgIpc) is 3.16. The van der Waals surface area contributed by atoms with Gasteiger partial charge in [0.1, 0.15) is 6.04 Å². The normalized spacial score (nSPS) is 14.1. The number of carbonyl (C=O) groups is 3. The van der Waals surface area contributed by atoms with Crippen LogP contribution in [0.4, 0.5) is 0 Å². The number of benzene rings is 2. The topological polar surface area (TPSA) is 69.7 Å². The number of rotatable bonds is 12. The number of imide groups is 1. The van der Waals surface area contributed by atoms with Gasteiger partial charge in [0.2, 0.25) is 12.3 Å². The molecule has 7 heteroatoms. The first-order valence-electron chi connectivity index (χ1n) is 12.4. The van der Waals surface area contributed by atoms with Crippen LogP contribution in [-0.4, -0.2) is 46.1 Å². The van der Waals surface area contributed by atoms with Gasteiger partial charge < -0.3 is 4.90 Å². The van der Waals surface area contributed by atoms with Gasteiger partial charge in [0.15, 0.2) is 0 Å². The Morgan fingerprint density at radius 1 is 1.09 bits per heavy atom. The van der Waals surface area contributed by atoms with E-state index in [0.717, 1.165) is 29.2 Å². The van der Waals surface area contributed by atoms with Crippen molar-refractivity contribution in [3.8, 4) is 0 Å². The fourth-order valence-corrected chi connectivity index (χ4v) is 5.68. The van der Waals surface area contributed by atoms with Crippen molar-refractivity contribution in [2.75, 3.05) is 0 Å². The van der Waals surface area contributed by atoms with E-state index in [-0.39, 0.29) is 5.91 Å². The summed E-state index contributed by atoms with van der Waals surface area (Å²) in [6, 6.07) is 14.9. The Hall–Kier alpha value is -2.64. The number of amides is 3. The van der Waals surface area contributed by atoms with E-state index in [4.69, 9.17) is 0 Å². The van der Waals surface area contributed by atoms with E-state index >= 15 is 0 Å². The minimum Gasteiger partial charge on any atom is -0.322 e. The molecule has 2 aromatic rings. The van der Waals surface area contributed by atoms with Crippen LogP contribution < -0.4 is 5.32 Å². The monoisotopic (exact) mass is 495 g/mol. The summed E-state index contributed by atoms with van der Waals surface area (Å²) in [7, 11) is 0. The highest BCUT2D eigenvalue weighted by atomic mass is 32.2. The number of nitrogens with zero attached hydrogens (tertiary/aromatic N) is 2. The van der Waals surface area contributed by atoms with Crippen LogP contribution in [0.1, 0.15) is 74.5 Å². The van der Waals surface area contributed by atoms with Crippen molar-refractivity contribution in [2.24, 2.45) is 0 Å². The molecule has 6 nitrogen and oxygen atoms in total. The van der Waals surface area contributed by atoms with Crippen LogP contribution >= 0.6 is 11.8 Å². The summed E-state index contributed by atoms with van der Waals surface area (Å²) >= 11 is 1.71. The second-order valence-electron chi connectivity index (χ2n) is 9.61. The molecule has 0 saturated heterocycles. The van der Waals surface area contributed by atoms with E-state index in [0.29, 0.717) is 37.0 Å². The van der Waals surface area contributed by atoms with Crippen LogP contribution in [-0.2, 0) is 28.4 Å². The van der Waals surface area contributed by atoms with Crippen LogP contribution in [0.5, 0.6) is 0 Å². The highest BCUT2D eigenvalue weighted by Gasteiger charge is 2.36. The highest BCUT2D eigenvalue weighted by molar-refractivity contribution is 7.98. The lowest BCUT2D eigenvalue weighted by atomic mass is 10.1. The lowest BCUT2D eigenvalue weighted by Gasteiger charge is -2.30. The van der Waals surface area contributed by atoms with Gasteiger partial charge in [0, 0.05) is 41.4 Å². The molecule has 0 bridgehead atoms. The number of hydrogen-bond acceptors (Lipinski definition) is 5. The maximum Gasteiger partial charge on any atom is 0.255 e. The molecule has 1 N–H and O–H groups in total. The quantitative estimate of drug-likeness (QED) is 0.332. The van der Waals surface area contributed by atoms with Crippen LogP contribution in [0.25, 0.3) is 0 Å². The Morgan fingerprint density at radius 2 is 1.74 bits per heavy atom. The first kappa shape index (κ1) is 27.0. The summed E-state index contributed by atoms with van der Waals surface area (Å²) in [6.45, 7) is 12.2. The van der Waals surface area contributed by atoms with Gasteiger partial charge in [-0.3, -0.25) is 24.6 Å². The molecular weight excluding hydrogens is 458 g/mol. The number of thioether (sulfide) groups is 1. The zero-order chi connectivity index (χ0) is 25.5. The smallest absolute Gasteiger partial charge is 0.255 e. The minimum absolute atomic E-state index is 0.147. The fourth-order valence-electron chi connectivity index (χ4n) is 4.64. The molecule has 0 fully saturated rings. The van der Waals surface area contributed by atoms with Crippen molar-refractivity contribution in [3.63, 3.8) is 0 Å². The molecule has 3 rings (SSSR count). The number of hydrogen-bond donors (Lipinski definition) is 1. The molecule has 1 unspecified atom stereocenters. The largest absolute Gasteiger partial charge is 0.322 e. The maximum atomic E-state index is 13.1. The van der Waals surface area contributed by atoms with Gasteiger partial charge >= 0.3 is 0 Å². The third-order valence-electron chi connectivity index (χ3n) is 6.50. The molecule has 2 aromatic carbocycles. The lowest BCUT2D eigenvalue weighted by molar-refractivity contribution is -0.129. The second kappa shape index (κ2) is 12.4. The lowest BCUT2D eigenvalue weighted by Crippen LogP contribution is -2.46. The van der Waals surface area contributed by atoms with E-state index in [9.17, 15) is 14.4 Å². The molecule has 0 radical (unpaired) electrons. The summed E-state index contributed by atoms with van der Waals surface area (Å²) in [4.78, 5) is 41.5. The van der Waals surface area contributed by atoms with E-state index in [1.54, 1.807) is 16.7 Å². The Bertz CT molecular complexity index is 1030. The Balaban J connectivity index is 1.70. The number of nitrogens with one attached hydrogen (secondary N) is 1. The summed E-state index contributed by atoms with van der Waals surface area (Å²) in [5.41, 5.74) is 4.14. The van der Waals surface area contributed by atoms with E-state index < -0.39 is 11.9 Å². The van der Waals surface area contributed by atoms with Crippen LogP contribution in [0.15, 0.2) is 47.4 Å². The molecule has 0 saturated carbocycles. The third kappa shape index (κ3) is 6.53. The van der Waals surface area contributed by atoms with Crippen molar-refractivity contribution in [1.29, 1.82) is 0 Å². The summed E-state index contributed by atoms with van der Waals surface area (Å²) < 4.78 is 0. The number of fused-ring (bicyclic) bond motifs is 1. The van der Waals surface area contributed by atoms with Gasteiger partial charge in [-0.2, -0.15) is 0 Å². The van der Waals surface area contributed by atoms with Crippen LogP contribution in [0, 0.1) is 0 Å². The average molecular weight is 496 g/mol. The molecule has 1 aliphatic heterocycles. The molecule has 1 heterocycles. The predicted molar refractivity (Wildman–Crippen MR) is 141 cm³/mol. The third-order valence-corrected chi connectivity index (χ3v) is 7.68. The molecule has 1 atom stereocenters. The van der Waals surface area contributed by atoms with E-state index in [1.807, 2.05) is 25.1 Å². The molecule has 35 heavy (non-hydrogen) atoms. The molecular formula is C28H37N3O3S. The van der Waals surface area contributed by atoms with Crippen molar-refractivity contribution in [1.82, 2.24) is 15.1 Å². The summed E-state index contributed by atoms with van der Waals surface area (Å²) in [6.07, 6.45) is 1.63. The van der Waals surface area contributed by atoms with Crippen molar-refractivity contribution < 1.29 is 14.4 Å². The van der Waals surface area contributed by atoms with Gasteiger partial charge in [-0.05, 0) is 62.9 Å². The molecule has 188 valence electrons. The van der Waals surface area contributed by atoms with Gasteiger partial charge in [0.05, 0.1) is 0 Å². The molecule has 0 aliphatic carbocycles. The van der Waals surface area contributed by atoms with Gasteiger partial charge in [-0.15, -0.1) is 11.8 Å². The first-order chi connectivity index (χ1) is 16.8. The Morgan fingerprint density at radius 3 is 2.34 bits per heavy atom. The van der Waals surface area contributed by atoms with Crippen molar-refractivity contribution in [3.05, 3.63) is 64.7 Å². The maximum absolute atomic E-state index is 13.1. The van der Waals surface area contributed by atoms with Crippen LogP contribution in [0.3, 0.4) is 0 Å². The molecule has 0 spiro atoms. The van der Waals surface area contributed by atoms with E-state index in [1.165, 1.54) is 11.1 Å². The van der Waals surface area contributed by atoms with Crippen molar-refractivity contribution in [2.45, 2.75) is 89.3 Å².